The van der Waals surface area contributed by atoms with Gasteiger partial charge in [-0.15, -0.1) is 0 Å². The fourth-order valence-corrected chi connectivity index (χ4v) is 2.83. The van der Waals surface area contributed by atoms with Gasteiger partial charge in [-0.3, -0.25) is 9.48 Å². The SMILES string of the molecule is Cc1cc(C)n(CCC(=O)NC2CCCC2CO)n1. The Morgan fingerprint density at radius 3 is 2.95 bits per heavy atom. The van der Waals surface area contributed by atoms with Gasteiger partial charge in [0.2, 0.25) is 5.91 Å². The van der Waals surface area contributed by atoms with Crippen molar-refractivity contribution in [3.63, 3.8) is 0 Å². The minimum atomic E-state index is 0.0536. The van der Waals surface area contributed by atoms with Gasteiger partial charge in [0.15, 0.2) is 0 Å². The molecule has 1 aliphatic carbocycles. The number of rotatable bonds is 5. The molecule has 0 aromatic carbocycles. The first-order valence-corrected chi connectivity index (χ1v) is 7.01. The van der Waals surface area contributed by atoms with Crippen molar-refractivity contribution >= 4 is 5.91 Å². The van der Waals surface area contributed by atoms with E-state index in [0.29, 0.717) is 13.0 Å². The number of nitrogens with one attached hydrogen (secondary N) is 1. The van der Waals surface area contributed by atoms with Crippen molar-refractivity contribution in [2.24, 2.45) is 5.92 Å². The zero-order chi connectivity index (χ0) is 13.8. The lowest BCUT2D eigenvalue weighted by Gasteiger charge is -2.19. The number of hydrogen-bond acceptors (Lipinski definition) is 3. The van der Waals surface area contributed by atoms with Crippen LogP contribution in [0.25, 0.3) is 0 Å². The molecule has 1 aliphatic rings. The van der Waals surface area contributed by atoms with Crippen LogP contribution >= 0.6 is 0 Å². The van der Waals surface area contributed by atoms with E-state index < -0.39 is 0 Å². The average Bonchev–Trinajstić information content (AvgIpc) is 2.93. The molecule has 0 radical (unpaired) electrons. The topological polar surface area (TPSA) is 67.2 Å². The summed E-state index contributed by atoms with van der Waals surface area (Å²) in [7, 11) is 0. The third kappa shape index (κ3) is 3.56. The molecule has 0 aliphatic heterocycles. The molecule has 2 rings (SSSR count). The van der Waals surface area contributed by atoms with Gasteiger partial charge in [-0.05, 0) is 32.8 Å². The maximum atomic E-state index is 11.9. The summed E-state index contributed by atoms with van der Waals surface area (Å²) >= 11 is 0. The third-order valence-electron chi connectivity index (χ3n) is 3.89. The molecule has 1 aromatic rings. The van der Waals surface area contributed by atoms with Gasteiger partial charge in [0.05, 0.1) is 5.69 Å². The number of aliphatic hydroxyl groups excluding tert-OH is 1. The molecule has 0 saturated heterocycles. The van der Waals surface area contributed by atoms with E-state index in [0.717, 1.165) is 30.7 Å². The number of amides is 1. The summed E-state index contributed by atoms with van der Waals surface area (Å²) in [6.45, 7) is 4.73. The van der Waals surface area contributed by atoms with Crippen molar-refractivity contribution < 1.29 is 9.90 Å². The first-order chi connectivity index (χ1) is 9.10. The first-order valence-electron chi connectivity index (χ1n) is 7.01. The molecular formula is C14H23N3O2. The van der Waals surface area contributed by atoms with Crippen LogP contribution in [0.5, 0.6) is 0 Å². The van der Waals surface area contributed by atoms with Gasteiger partial charge in [-0.2, -0.15) is 5.10 Å². The van der Waals surface area contributed by atoms with Crippen LogP contribution in [0, 0.1) is 19.8 Å². The number of aryl methyl sites for hydroxylation is 3. The zero-order valence-corrected chi connectivity index (χ0v) is 11.7. The van der Waals surface area contributed by atoms with Crippen LogP contribution in [0.4, 0.5) is 0 Å². The molecule has 1 heterocycles. The molecule has 5 heteroatoms. The maximum absolute atomic E-state index is 11.9. The van der Waals surface area contributed by atoms with Crippen LogP contribution in [0.15, 0.2) is 6.07 Å². The minimum absolute atomic E-state index is 0.0536. The first kappa shape index (κ1) is 14.1. The van der Waals surface area contributed by atoms with Crippen LogP contribution in [0.3, 0.4) is 0 Å². The van der Waals surface area contributed by atoms with E-state index in [2.05, 4.69) is 10.4 Å². The van der Waals surface area contributed by atoms with E-state index in [1.54, 1.807) is 0 Å². The molecule has 1 saturated carbocycles. The highest BCUT2D eigenvalue weighted by Crippen LogP contribution is 2.25. The summed E-state index contributed by atoms with van der Waals surface area (Å²) in [5.41, 5.74) is 2.06. The van der Waals surface area contributed by atoms with E-state index in [9.17, 15) is 9.90 Å². The van der Waals surface area contributed by atoms with E-state index in [1.807, 2.05) is 24.6 Å². The normalized spacial score (nSPS) is 22.7. The molecule has 5 nitrogen and oxygen atoms in total. The zero-order valence-electron chi connectivity index (χ0n) is 11.7. The monoisotopic (exact) mass is 265 g/mol. The third-order valence-corrected chi connectivity index (χ3v) is 3.89. The lowest BCUT2D eigenvalue weighted by Crippen LogP contribution is -2.38. The molecule has 0 bridgehead atoms. The number of carbonyl (C=O) groups excluding carboxylic acids is 1. The van der Waals surface area contributed by atoms with Crippen molar-refractivity contribution in [2.45, 2.75) is 52.1 Å². The predicted molar refractivity (Wildman–Crippen MR) is 72.7 cm³/mol. The standard InChI is InChI=1S/C14H23N3O2/c1-10-8-11(2)17(16-10)7-6-14(19)15-13-5-3-4-12(13)9-18/h8,12-13,18H,3-7,9H2,1-2H3,(H,15,19). The van der Waals surface area contributed by atoms with Gasteiger partial charge in [0.1, 0.15) is 0 Å². The van der Waals surface area contributed by atoms with E-state index in [1.165, 1.54) is 0 Å². The van der Waals surface area contributed by atoms with E-state index in [4.69, 9.17) is 0 Å². The Morgan fingerprint density at radius 1 is 1.53 bits per heavy atom. The van der Waals surface area contributed by atoms with Crippen molar-refractivity contribution in [2.75, 3.05) is 6.61 Å². The van der Waals surface area contributed by atoms with Crippen molar-refractivity contribution in [3.8, 4) is 0 Å². The van der Waals surface area contributed by atoms with Crippen LogP contribution in [-0.4, -0.2) is 33.4 Å². The number of aromatic nitrogens is 2. The number of nitrogens with zero attached hydrogens (tertiary/aromatic N) is 2. The highest BCUT2D eigenvalue weighted by molar-refractivity contribution is 5.76. The van der Waals surface area contributed by atoms with E-state index in [-0.39, 0.29) is 24.5 Å². The minimum Gasteiger partial charge on any atom is -0.396 e. The van der Waals surface area contributed by atoms with Gasteiger partial charge in [0, 0.05) is 37.2 Å². The molecule has 1 amide bonds. The molecule has 19 heavy (non-hydrogen) atoms. The number of hydrogen-bond donors (Lipinski definition) is 2. The Morgan fingerprint density at radius 2 is 2.32 bits per heavy atom. The Bertz CT molecular complexity index is 442. The highest BCUT2D eigenvalue weighted by Gasteiger charge is 2.27. The molecular weight excluding hydrogens is 242 g/mol. The molecule has 2 N–H and O–H groups in total. The Balaban J connectivity index is 1.80. The van der Waals surface area contributed by atoms with Crippen LogP contribution in [0.1, 0.15) is 37.1 Å². The fourth-order valence-electron chi connectivity index (χ4n) is 2.83. The Labute approximate surface area is 114 Å². The molecule has 0 spiro atoms. The average molecular weight is 265 g/mol. The molecule has 1 fully saturated rings. The summed E-state index contributed by atoms with van der Waals surface area (Å²) in [5, 5.41) is 16.6. The summed E-state index contributed by atoms with van der Waals surface area (Å²) in [6, 6.07) is 2.16. The summed E-state index contributed by atoms with van der Waals surface area (Å²) in [5.74, 6) is 0.288. The molecule has 2 atom stereocenters. The second-order valence-electron chi connectivity index (χ2n) is 5.45. The number of aliphatic hydroxyl groups is 1. The van der Waals surface area contributed by atoms with Crippen molar-refractivity contribution in [1.82, 2.24) is 15.1 Å². The second kappa shape index (κ2) is 6.19. The lowest BCUT2D eigenvalue weighted by molar-refractivity contribution is -0.122. The van der Waals surface area contributed by atoms with Gasteiger partial charge in [0.25, 0.3) is 0 Å². The Kier molecular flexibility index (Phi) is 4.58. The maximum Gasteiger partial charge on any atom is 0.222 e. The smallest absolute Gasteiger partial charge is 0.222 e. The van der Waals surface area contributed by atoms with Crippen LogP contribution < -0.4 is 5.32 Å². The quantitative estimate of drug-likeness (QED) is 0.839. The van der Waals surface area contributed by atoms with Crippen molar-refractivity contribution in [1.29, 1.82) is 0 Å². The Hall–Kier alpha value is -1.36. The molecule has 1 aromatic heterocycles. The fraction of sp³-hybridized carbons (Fsp3) is 0.714. The van der Waals surface area contributed by atoms with Gasteiger partial charge < -0.3 is 10.4 Å². The predicted octanol–water partition coefficient (Wildman–Crippen LogP) is 1.17. The van der Waals surface area contributed by atoms with Gasteiger partial charge in [-0.1, -0.05) is 6.42 Å². The highest BCUT2D eigenvalue weighted by atomic mass is 16.3. The summed E-state index contributed by atoms with van der Waals surface area (Å²) in [4.78, 5) is 11.9. The van der Waals surface area contributed by atoms with Gasteiger partial charge in [-0.25, -0.2) is 0 Å². The van der Waals surface area contributed by atoms with E-state index >= 15 is 0 Å². The van der Waals surface area contributed by atoms with Crippen LogP contribution in [-0.2, 0) is 11.3 Å². The number of carbonyl (C=O) groups is 1. The van der Waals surface area contributed by atoms with Crippen molar-refractivity contribution in [3.05, 3.63) is 17.5 Å². The van der Waals surface area contributed by atoms with Gasteiger partial charge >= 0.3 is 0 Å². The summed E-state index contributed by atoms with van der Waals surface area (Å²) in [6.07, 6.45) is 3.53. The lowest BCUT2D eigenvalue weighted by atomic mass is 10.1. The molecule has 106 valence electrons. The largest absolute Gasteiger partial charge is 0.396 e. The second-order valence-corrected chi connectivity index (χ2v) is 5.45. The molecule has 2 unspecified atom stereocenters. The van der Waals surface area contributed by atoms with Crippen LogP contribution in [0.2, 0.25) is 0 Å². The summed E-state index contributed by atoms with van der Waals surface area (Å²) < 4.78 is 1.87.